The van der Waals surface area contributed by atoms with Gasteiger partial charge in [-0.05, 0) is 27.2 Å². The van der Waals surface area contributed by atoms with Crippen LogP contribution in [0.15, 0.2) is 23.8 Å². The molecule has 2 aromatic rings. The van der Waals surface area contributed by atoms with E-state index in [2.05, 4.69) is 26.8 Å². The molecule has 9 nitrogen and oxygen atoms in total. The molecule has 0 aromatic carbocycles. The predicted molar refractivity (Wildman–Crippen MR) is 92.1 cm³/mol. The second-order valence-electron chi connectivity index (χ2n) is 6.42. The molecule has 25 heavy (non-hydrogen) atoms. The van der Waals surface area contributed by atoms with Crippen molar-refractivity contribution in [2.24, 2.45) is 0 Å². The molecular weight excluding hydrogens is 326 g/mol. The fraction of sp³-hybridized carbons (Fsp3) is 0.438. The van der Waals surface area contributed by atoms with Gasteiger partial charge in [-0.1, -0.05) is 6.08 Å². The molecule has 0 unspecified atom stereocenters. The SMILES string of the molecule is C=CCCC(=O)Nc1nc2c(ncn2CC(=O)OC(C)(C)C)c(=O)[nH]1. The first-order chi connectivity index (χ1) is 11.7. The number of carbonyl (C=O) groups excluding carboxylic acids is 2. The molecule has 0 spiro atoms. The molecule has 1 amide bonds. The van der Waals surface area contributed by atoms with Gasteiger partial charge >= 0.3 is 5.97 Å². The van der Waals surface area contributed by atoms with E-state index in [1.54, 1.807) is 26.8 Å². The van der Waals surface area contributed by atoms with Crippen molar-refractivity contribution in [2.75, 3.05) is 5.32 Å². The molecule has 0 atom stereocenters. The van der Waals surface area contributed by atoms with Gasteiger partial charge in [0, 0.05) is 6.42 Å². The average Bonchev–Trinajstić information content (AvgIpc) is 2.86. The maximum Gasteiger partial charge on any atom is 0.326 e. The number of aromatic amines is 1. The van der Waals surface area contributed by atoms with Crippen LogP contribution >= 0.6 is 0 Å². The number of carbonyl (C=O) groups is 2. The van der Waals surface area contributed by atoms with Crippen molar-refractivity contribution >= 4 is 29.0 Å². The third-order valence-corrected chi connectivity index (χ3v) is 3.03. The van der Waals surface area contributed by atoms with E-state index < -0.39 is 17.1 Å². The summed E-state index contributed by atoms with van der Waals surface area (Å²) in [7, 11) is 0. The number of imidazole rings is 1. The van der Waals surface area contributed by atoms with Gasteiger partial charge < -0.3 is 9.30 Å². The Balaban J connectivity index is 2.25. The topological polar surface area (TPSA) is 119 Å². The highest BCUT2D eigenvalue weighted by Gasteiger charge is 2.19. The van der Waals surface area contributed by atoms with Crippen LogP contribution in [0.3, 0.4) is 0 Å². The summed E-state index contributed by atoms with van der Waals surface area (Å²) in [5.74, 6) is -0.788. The summed E-state index contributed by atoms with van der Waals surface area (Å²) in [6.07, 6.45) is 3.69. The first kappa shape index (κ1) is 18.4. The van der Waals surface area contributed by atoms with Crippen molar-refractivity contribution in [3.63, 3.8) is 0 Å². The molecule has 134 valence electrons. The second-order valence-corrected chi connectivity index (χ2v) is 6.42. The van der Waals surface area contributed by atoms with Gasteiger partial charge in [0.15, 0.2) is 11.2 Å². The molecule has 0 fully saturated rings. The first-order valence-electron chi connectivity index (χ1n) is 7.77. The number of aromatic nitrogens is 4. The molecule has 0 saturated carbocycles. The van der Waals surface area contributed by atoms with E-state index >= 15 is 0 Å². The highest BCUT2D eigenvalue weighted by atomic mass is 16.6. The lowest BCUT2D eigenvalue weighted by molar-refractivity contribution is -0.155. The molecule has 0 saturated heterocycles. The van der Waals surface area contributed by atoms with E-state index in [0.29, 0.717) is 6.42 Å². The van der Waals surface area contributed by atoms with Crippen LogP contribution in [0.2, 0.25) is 0 Å². The van der Waals surface area contributed by atoms with Gasteiger partial charge in [0.05, 0.1) is 6.33 Å². The monoisotopic (exact) mass is 347 g/mol. The standard InChI is InChI=1S/C16H21N5O4/c1-5-6-7-10(22)18-15-19-13-12(14(24)20-15)17-9-21(13)8-11(23)25-16(2,3)4/h5,9H,1,6-8H2,2-4H3,(H2,18,19,20,22,24). The fourth-order valence-corrected chi connectivity index (χ4v) is 2.07. The fourth-order valence-electron chi connectivity index (χ4n) is 2.07. The van der Waals surface area contributed by atoms with Gasteiger partial charge in [0.2, 0.25) is 11.9 Å². The maximum atomic E-state index is 12.1. The maximum absolute atomic E-state index is 12.1. The molecule has 0 aliphatic rings. The number of allylic oxidation sites excluding steroid dienone is 1. The lowest BCUT2D eigenvalue weighted by Gasteiger charge is -2.19. The number of fused-ring (bicyclic) bond motifs is 1. The lowest BCUT2D eigenvalue weighted by Crippen LogP contribution is -2.26. The van der Waals surface area contributed by atoms with E-state index in [0.717, 1.165) is 0 Å². The Labute approximate surface area is 144 Å². The zero-order chi connectivity index (χ0) is 18.6. The van der Waals surface area contributed by atoms with Crippen molar-refractivity contribution in [3.05, 3.63) is 29.3 Å². The third kappa shape index (κ3) is 5.00. The van der Waals surface area contributed by atoms with Crippen molar-refractivity contribution in [2.45, 2.75) is 45.8 Å². The van der Waals surface area contributed by atoms with Crippen LogP contribution in [0.4, 0.5) is 5.95 Å². The summed E-state index contributed by atoms with van der Waals surface area (Å²) in [5.41, 5.74) is -0.865. The lowest BCUT2D eigenvalue weighted by atomic mass is 10.2. The number of rotatable bonds is 6. The number of hydrogen-bond acceptors (Lipinski definition) is 6. The minimum atomic E-state index is -0.622. The van der Waals surface area contributed by atoms with Crippen molar-refractivity contribution < 1.29 is 14.3 Å². The number of amides is 1. The number of hydrogen-bond donors (Lipinski definition) is 2. The van der Waals surface area contributed by atoms with Crippen LogP contribution in [-0.4, -0.2) is 37.0 Å². The van der Waals surface area contributed by atoms with Crippen LogP contribution in [-0.2, 0) is 20.9 Å². The van der Waals surface area contributed by atoms with Crippen LogP contribution in [0.5, 0.6) is 0 Å². The van der Waals surface area contributed by atoms with Gasteiger partial charge in [-0.25, -0.2) is 4.98 Å². The molecule has 0 radical (unpaired) electrons. The minimum absolute atomic E-state index is 0.00231. The molecule has 0 bridgehead atoms. The largest absolute Gasteiger partial charge is 0.459 e. The Bertz CT molecular complexity index is 860. The molecule has 0 aliphatic heterocycles. The number of ether oxygens (including phenoxy) is 1. The quantitative estimate of drug-likeness (QED) is 0.601. The summed E-state index contributed by atoms with van der Waals surface area (Å²) in [6, 6.07) is 0. The van der Waals surface area contributed by atoms with Gasteiger partial charge in [-0.2, -0.15) is 4.98 Å². The Morgan fingerprint density at radius 1 is 1.44 bits per heavy atom. The number of nitrogens with one attached hydrogen (secondary N) is 2. The van der Waals surface area contributed by atoms with Gasteiger partial charge in [-0.3, -0.25) is 24.7 Å². The van der Waals surface area contributed by atoms with E-state index in [4.69, 9.17) is 4.74 Å². The zero-order valence-corrected chi connectivity index (χ0v) is 14.5. The first-order valence-corrected chi connectivity index (χ1v) is 7.77. The molecule has 2 rings (SSSR count). The third-order valence-electron chi connectivity index (χ3n) is 3.03. The molecule has 9 heteroatoms. The van der Waals surface area contributed by atoms with Crippen LogP contribution in [0.1, 0.15) is 33.6 Å². The highest BCUT2D eigenvalue weighted by molar-refractivity contribution is 5.89. The minimum Gasteiger partial charge on any atom is -0.459 e. The summed E-state index contributed by atoms with van der Waals surface area (Å²) < 4.78 is 6.65. The van der Waals surface area contributed by atoms with Crippen molar-refractivity contribution in [1.82, 2.24) is 19.5 Å². The second kappa shape index (κ2) is 7.29. The van der Waals surface area contributed by atoms with E-state index in [9.17, 15) is 14.4 Å². The summed E-state index contributed by atoms with van der Waals surface area (Å²) in [5, 5.41) is 2.51. The summed E-state index contributed by atoms with van der Waals surface area (Å²) in [6.45, 7) is 8.68. The van der Waals surface area contributed by atoms with Crippen LogP contribution < -0.4 is 10.9 Å². The normalized spacial score (nSPS) is 11.3. The van der Waals surface area contributed by atoms with Crippen LogP contribution in [0.25, 0.3) is 11.2 Å². The van der Waals surface area contributed by atoms with Gasteiger partial charge in [0.1, 0.15) is 12.1 Å². The van der Waals surface area contributed by atoms with Crippen molar-refractivity contribution in [3.8, 4) is 0 Å². The van der Waals surface area contributed by atoms with E-state index in [1.165, 1.54) is 10.9 Å². The number of esters is 1. The van der Waals surface area contributed by atoms with Crippen LogP contribution in [0, 0.1) is 0 Å². The Hall–Kier alpha value is -2.97. The zero-order valence-electron chi connectivity index (χ0n) is 14.5. The molecule has 2 N–H and O–H groups in total. The molecule has 2 heterocycles. The summed E-state index contributed by atoms with van der Waals surface area (Å²) in [4.78, 5) is 46.4. The smallest absolute Gasteiger partial charge is 0.326 e. The van der Waals surface area contributed by atoms with Crippen molar-refractivity contribution in [1.29, 1.82) is 0 Å². The predicted octanol–water partition coefficient (Wildman–Crippen LogP) is 1.37. The Kier molecular flexibility index (Phi) is 5.35. The molecule has 2 aromatic heterocycles. The number of H-pyrrole nitrogens is 1. The number of nitrogens with zero attached hydrogens (tertiary/aromatic N) is 3. The highest BCUT2D eigenvalue weighted by Crippen LogP contribution is 2.11. The van der Waals surface area contributed by atoms with Gasteiger partial charge in [0.25, 0.3) is 5.56 Å². The summed E-state index contributed by atoms with van der Waals surface area (Å²) >= 11 is 0. The Morgan fingerprint density at radius 2 is 2.16 bits per heavy atom. The van der Waals surface area contributed by atoms with Gasteiger partial charge in [-0.15, -0.1) is 6.58 Å². The van der Waals surface area contributed by atoms with E-state index in [1.807, 2.05) is 0 Å². The molecular formula is C16H21N5O4. The van der Waals surface area contributed by atoms with E-state index in [-0.39, 0.29) is 36.0 Å². The Morgan fingerprint density at radius 3 is 2.80 bits per heavy atom. The average molecular weight is 347 g/mol. The molecule has 0 aliphatic carbocycles. The number of anilines is 1.